The van der Waals surface area contributed by atoms with Gasteiger partial charge in [0.15, 0.2) is 0 Å². The summed E-state index contributed by atoms with van der Waals surface area (Å²) in [6.45, 7) is 2.99. The maximum atomic E-state index is 12.3. The summed E-state index contributed by atoms with van der Waals surface area (Å²) in [7, 11) is 3.84. The maximum absolute atomic E-state index is 12.3. The van der Waals surface area contributed by atoms with Gasteiger partial charge in [-0.05, 0) is 26.8 Å². The van der Waals surface area contributed by atoms with Crippen molar-refractivity contribution in [2.24, 2.45) is 7.05 Å². The molecule has 7 nitrogen and oxygen atoms in total. The zero-order valence-corrected chi connectivity index (χ0v) is 16.0. The van der Waals surface area contributed by atoms with Gasteiger partial charge in [-0.1, -0.05) is 30.6 Å². The van der Waals surface area contributed by atoms with Gasteiger partial charge in [0.1, 0.15) is 5.01 Å². The van der Waals surface area contributed by atoms with Crippen molar-refractivity contribution in [3.8, 4) is 0 Å². The Morgan fingerprint density at radius 1 is 1.36 bits per heavy atom. The first-order valence-electron chi connectivity index (χ1n) is 8.82. The molecule has 2 aromatic rings. The molecule has 0 saturated heterocycles. The normalized spacial score (nSPS) is 15.7. The molecule has 2 aromatic heterocycles. The number of carbonyl (C=O) groups excluding carboxylic acids is 1. The number of hydrogen-bond acceptors (Lipinski definition) is 6. The highest BCUT2D eigenvalue weighted by atomic mass is 32.1. The fourth-order valence-corrected chi connectivity index (χ4v) is 4.28. The van der Waals surface area contributed by atoms with Crippen LogP contribution >= 0.6 is 11.3 Å². The Bertz CT molecular complexity index is 719. The smallest absolute Gasteiger partial charge is 0.240 e. The van der Waals surface area contributed by atoms with Crippen LogP contribution in [0.4, 0.5) is 5.13 Å². The van der Waals surface area contributed by atoms with Crippen molar-refractivity contribution in [3.05, 3.63) is 22.5 Å². The fraction of sp³-hybridized carbons (Fsp3) is 0.647. The van der Waals surface area contributed by atoms with Crippen molar-refractivity contribution in [3.63, 3.8) is 0 Å². The summed E-state index contributed by atoms with van der Waals surface area (Å²) in [6, 6.07) is 0. The van der Waals surface area contributed by atoms with Crippen molar-refractivity contribution >= 4 is 22.4 Å². The Kier molecular flexibility index (Phi) is 5.80. The van der Waals surface area contributed by atoms with Gasteiger partial charge in [-0.2, -0.15) is 5.10 Å². The van der Waals surface area contributed by atoms with E-state index in [2.05, 4.69) is 20.6 Å². The zero-order valence-electron chi connectivity index (χ0n) is 15.2. The number of nitrogens with one attached hydrogen (secondary N) is 1. The van der Waals surface area contributed by atoms with Gasteiger partial charge < -0.3 is 0 Å². The molecule has 2 heterocycles. The first kappa shape index (κ1) is 18.0. The second-order valence-corrected chi connectivity index (χ2v) is 7.92. The average molecular weight is 363 g/mol. The van der Waals surface area contributed by atoms with E-state index < -0.39 is 0 Å². The number of aryl methyl sites for hydroxylation is 2. The van der Waals surface area contributed by atoms with E-state index in [-0.39, 0.29) is 5.91 Å². The first-order chi connectivity index (χ1) is 12.0. The molecule has 0 radical (unpaired) electrons. The predicted octanol–water partition coefficient (Wildman–Crippen LogP) is 2.70. The lowest BCUT2D eigenvalue weighted by molar-refractivity contribution is -0.117. The second-order valence-electron chi connectivity index (χ2n) is 6.91. The highest BCUT2D eigenvalue weighted by molar-refractivity contribution is 7.15. The summed E-state index contributed by atoms with van der Waals surface area (Å²) in [4.78, 5) is 14.2. The lowest BCUT2D eigenvalue weighted by Crippen LogP contribution is -2.29. The quantitative estimate of drug-likeness (QED) is 0.855. The van der Waals surface area contributed by atoms with Gasteiger partial charge >= 0.3 is 0 Å². The van der Waals surface area contributed by atoms with E-state index in [1.807, 2.05) is 32.1 Å². The highest BCUT2D eigenvalue weighted by Crippen LogP contribution is 2.35. The van der Waals surface area contributed by atoms with Gasteiger partial charge in [0.25, 0.3) is 0 Å². The van der Waals surface area contributed by atoms with Crippen LogP contribution in [0.5, 0.6) is 0 Å². The molecule has 1 aliphatic carbocycles. The van der Waals surface area contributed by atoms with Crippen LogP contribution in [-0.4, -0.2) is 44.4 Å². The lowest BCUT2D eigenvalue weighted by atomic mass is 9.90. The number of amides is 1. The number of nitrogens with zero attached hydrogens (tertiary/aromatic N) is 5. The number of rotatable bonds is 6. The van der Waals surface area contributed by atoms with E-state index in [1.165, 1.54) is 43.4 Å². The van der Waals surface area contributed by atoms with Crippen LogP contribution in [-0.2, 0) is 18.4 Å². The van der Waals surface area contributed by atoms with Crippen LogP contribution in [0.2, 0.25) is 0 Å². The Balaban J connectivity index is 1.50. The molecule has 136 valence electrons. The molecule has 0 atom stereocenters. The average Bonchev–Trinajstić information content (AvgIpc) is 3.14. The number of hydrogen-bond donors (Lipinski definition) is 1. The molecule has 3 rings (SSSR count). The van der Waals surface area contributed by atoms with E-state index in [9.17, 15) is 4.79 Å². The van der Waals surface area contributed by atoms with Gasteiger partial charge in [0.05, 0.1) is 12.2 Å². The monoisotopic (exact) mass is 362 g/mol. The van der Waals surface area contributed by atoms with E-state index in [1.54, 1.807) is 4.68 Å². The minimum Gasteiger partial charge on any atom is -0.299 e. The van der Waals surface area contributed by atoms with Gasteiger partial charge in [-0.3, -0.25) is 19.7 Å². The van der Waals surface area contributed by atoms with Crippen molar-refractivity contribution in [1.29, 1.82) is 0 Å². The molecule has 1 aliphatic rings. The molecule has 1 saturated carbocycles. The Morgan fingerprint density at radius 3 is 2.80 bits per heavy atom. The number of anilines is 1. The number of carbonyl (C=O) groups is 1. The fourth-order valence-electron chi connectivity index (χ4n) is 3.35. The lowest BCUT2D eigenvalue weighted by Gasteiger charge is -2.18. The maximum Gasteiger partial charge on any atom is 0.240 e. The van der Waals surface area contributed by atoms with Crippen LogP contribution in [0.1, 0.15) is 54.3 Å². The van der Waals surface area contributed by atoms with E-state index in [0.29, 0.717) is 24.1 Å². The van der Waals surface area contributed by atoms with Gasteiger partial charge in [0, 0.05) is 31.3 Å². The summed E-state index contributed by atoms with van der Waals surface area (Å²) >= 11 is 1.52. The minimum atomic E-state index is -0.0598. The predicted molar refractivity (Wildman–Crippen MR) is 98.6 cm³/mol. The third-order valence-electron chi connectivity index (χ3n) is 4.61. The summed E-state index contributed by atoms with van der Waals surface area (Å²) in [5.41, 5.74) is 2.13. The summed E-state index contributed by atoms with van der Waals surface area (Å²) in [5.74, 6) is 0.462. The van der Waals surface area contributed by atoms with Crippen LogP contribution < -0.4 is 5.32 Å². The summed E-state index contributed by atoms with van der Waals surface area (Å²) < 4.78 is 1.80. The van der Waals surface area contributed by atoms with Gasteiger partial charge in [-0.25, -0.2) is 0 Å². The van der Waals surface area contributed by atoms with Crippen LogP contribution in [0.15, 0.2) is 6.20 Å². The van der Waals surface area contributed by atoms with Crippen molar-refractivity contribution < 1.29 is 4.79 Å². The molecule has 0 aliphatic heterocycles. The molecule has 8 heteroatoms. The molecular weight excluding hydrogens is 336 g/mol. The third-order valence-corrected chi connectivity index (χ3v) is 5.61. The Morgan fingerprint density at radius 2 is 2.12 bits per heavy atom. The third kappa shape index (κ3) is 4.85. The Labute approximate surface area is 152 Å². The highest BCUT2D eigenvalue weighted by Gasteiger charge is 2.20. The molecule has 0 aromatic carbocycles. The molecule has 1 amide bonds. The molecule has 0 unspecified atom stereocenters. The summed E-state index contributed by atoms with van der Waals surface area (Å²) in [6.07, 6.45) is 8.23. The summed E-state index contributed by atoms with van der Waals surface area (Å²) in [5, 5.41) is 17.3. The molecule has 0 spiro atoms. The molecule has 1 fully saturated rings. The van der Waals surface area contributed by atoms with E-state index >= 15 is 0 Å². The Hall–Kier alpha value is -1.80. The molecule has 0 bridgehead atoms. The zero-order chi connectivity index (χ0) is 17.8. The van der Waals surface area contributed by atoms with Gasteiger partial charge in [-0.15, -0.1) is 10.2 Å². The molecule has 25 heavy (non-hydrogen) atoms. The van der Waals surface area contributed by atoms with Crippen molar-refractivity contribution in [2.75, 3.05) is 18.9 Å². The van der Waals surface area contributed by atoms with E-state index in [4.69, 9.17) is 0 Å². The molecule has 1 N–H and O–H groups in total. The van der Waals surface area contributed by atoms with Crippen LogP contribution in [0, 0.1) is 6.92 Å². The SMILES string of the molecule is Cc1nn(C)cc1CN(C)CC(=O)Nc1nnc(C2CCCCC2)s1. The van der Waals surface area contributed by atoms with Crippen LogP contribution in [0.25, 0.3) is 0 Å². The second kappa shape index (κ2) is 8.05. The van der Waals surface area contributed by atoms with Crippen molar-refractivity contribution in [2.45, 2.75) is 51.5 Å². The standard InChI is InChI=1S/C17H26N6OS/c1-12-14(10-23(3)21-12)9-22(2)11-15(24)18-17-20-19-16(25-17)13-7-5-4-6-8-13/h10,13H,4-9,11H2,1-3H3,(H,18,20,24). The number of aromatic nitrogens is 4. The van der Waals surface area contributed by atoms with Crippen LogP contribution in [0.3, 0.4) is 0 Å². The first-order valence-corrected chi connectivity index (χ1v) is 9.64. The minimum absolute atomic E-state index is 0.0598. The van der Waals surface area contributed by atoms with Gasteiger partial charge in [0.2, 0.25) is 11.0 Å². The number of likely N-dealkylation sites (N-methyl/N-ethyl adjacent to an activating group) is 1. The topological polar surface area (TPSA) is 75.9 Å². The van der Waals surface area contributed by atoms with Crippen molar-refractivity contribution in [1.82, 2.24) is 24.9 Å². The largest absolute Gasteiger partial charge is 0.299 e. The molecular formula is C17H26N6OS. The van der Waals surface area contributed by atoms with E-state index in [0.717, 1.165) is 16.3 Å².